The van der Waals surface area contributed by atoms with Gasteiger partial charge in [0.2, 0.25) is 10.0 Å². The first-order chi connectivity index (χ1) is 9.85. The van der Waals surface area contributed by atoms with Gasteiger partial charge in [-0.15, -0.1) is 6.42 Å². The number of nitrogens with one attached hydrogen (secondary N) is 2. The molecule has 0 bridgehead atoms. The van der Waals surface area contributed by atoms with Gasteiger partial charge in [-0.3, -0.25) is 4.79 Å². The highest BCUT2D eigenvalue weighted by Gasteiger charge is 2.30. The number of halogens is 2. The molecule has 2 N–H and O–H groups in total. The van der Waals surface area contributed by atoms with E-state index in [0.717, 1.165) is 18.9 Å². The van der Waals surface area contributed by atoms with E-state index in [9.17, 15) is 13.2 Å². The largest absolute Gasteiger partial charge is 0.341 e. The highest BCUT2D eigenvalue weighted by molar-refractivity contribution is 7.89. The van der Waals surface area contributed by atoms with Crippen molar-refractivity contribution in [3.05, 3.63) is 27.7 Å². The number of terminal acetylenes is 1. The van der Waals surface area contributed by atoms with E-state index < -0.39 is 15.9 Å². The van der Waals surface area contributed by atoms with Gasteiger partial charge in [0.05, 0.1) is 22.2 Å². The second-order valence-corrected chi connectivity index (χ2v) is 7.04. The van der Waals surface area contributed by atoms with E-state index in [1.54, 1.807) is 0 Å². The van der Waals surface area contributed by atoms with E-state index in [0.29, 0.717) is 0 Å². The van der Waals surface area contributed by atoms with E-state index in [1.807, 2.05) is 0 Å². The Kier molecular flexibility index (Phi) is 4.79. The molecular formula is C13H12Cl2N2O3S. The summed E-state index contributed by atoms with van der Waals surface area (Å²) in [6.07, 6.45) is 6.64. The number of sulfonamides is 1. The van der Waals surface area contributed by atoms with Crippen LogP contribution in [-0.2, 0) is 10.0 Å². The number of hydrogen-bond donors (Lipinski definition) is 2. The molecule has 1 fully saturated rings. The van der Waals surface area contributed by atoms with Crippen molar-refractivity contribution < 1.29 is 13.2 Å². The number of rotatable bonds is 5. The molecule has 112 valence electrons. The Balaban J connectivity index is 2.38. The normalized spacial score (nSPS) is 14.5. The molecule has 1 aromatic rings. The van der Waals surface area contributed by atoms with Crippen molar-refractivity contribution in [3.63, 3.8) is 0 Å². The third-order valence-electron chi connectivity index (χ3n) is 2.81. The Hall–Kier alpha value is -1.26. The maximum atomic E-state index is 12.2. The fourth-order valence-corrected chi connectivity index (χ4v) is 3.78. The number of amides is 1. The molecular weight excluding hydrogens is 335 g/mol. The van der Waals surface area contributed by atoms with Crippen LogP contribution in [-0.4, -0.2) is 26.9 Å². The summed E-state index contributed by atoms with van der Waals surface area (Å²) in [5.74, 6) is 1.69. The monoisotopic (exact) mass is 346 g/mol. The Morgan fingerprint density at radius 3 is 2.57 bits per heavy atom. The van der Waals surface area contributed by atoms with Crippen molar-refractivity contribution in [1.29, 1.82) is 0 Å². The zero-order valence-corrected chi connectivity index (χ0v) is 13.1. The summed E-state index contributed by atoms with van der Waals surface area (Å²) in [6.45, 7) is 0.0141. The van der Waals surface area contributed by atoms with Gasteiger partial charge >= 0.3 is 0 Å². The lowest BCUT2D eigenvalue weighted by Gasteiger charge is -2.11. The third kappa shape index (κ3) is 3.89. The van der Waals surface area contributed by atoms with Crippen LogP contribution in [0.25, 0.3) is 0 Å². The Labute approximate surface area is 133 Å². The van der Waals surface area contributed by atoms with Crippen LogP contribution >= 0.6 is 23.2 Å². The highest BCUT2D eigenvalue weighted by Crippen LogP contribution is 2.30. The lowest BCUT2D eigenvalue weighted by Crippen LogP contribution is -2.27. The van der Waals surface area contributed by atoms with Crippen LogP contribution in [0, 0.1) is 12.3 Å². The van der Waals surface area contributed by atoms with E-state index >= 15 is 0 Å². The minimum Gasteiger partial charge on any atom is -0.341 e. The van der Waals surface area contributed by atoms with E-state index in [1.165, 1.54) is 6.07 Å². The lowest BCUT2D eigenvalue weighted by molar-refractivity contribution is 0.0958. The molecule has 1 aromatic carbocycles. The summed E-state index contributed by atoms with van der Waals surface area (Å²) in [5, 5.41) is 2.44. The van der Waals surface area contributed by atoms with Crippen LogP contribution in [0.3, 0.4) is 0 Å². The molecule has 8 heteroatoms. The average molecular weight is 347 g/mol. The summed E-state index contributed by atoms with van der Waals surface area (Å²) < 4.78 is 26.9. The Bertz CT molecular complexity index is 722. The first kappa shape index (κ1) is 16.1. The fourth-order valence-electron chi connectivity index (χ4n) is 1.62. The van der Waals surface area contributed by atoms with Crippen LogP contribution in [0.5, 0.6) is 0 Å². The molecule has 0 atom stereocenters. The maximum absolute atomic E-state index is 12.2. The van der Waals surface area contributed by atoms with Crippen LogP contribution in [0.1, 0.15) is 23.2 Å². The lowest BCUT2D eigenvalue weighted by atomic mass is 10.2. The van der Waals surface area contributed by atoms with E-state index in [2.05, 4.69) is 16.0 Å². The second-order valence-electron chi connectivity index (χ2n) is 4.54. The van der Waals surface area contributed by atoms with Crippen LogP contribution < -0.4 is 10.0 Å². The molecule has 5 nitrogen and oxygen atoms in total. The molecule has 0 saturated heterocycles. The van der Waals surface area contributed by atoms with Gasteiger partial charge in [-0.25, -0.2) is 13.1 Å². The van der Waals surface area contributed by atoms with Gasteiger partial charge in [0.1, 0.15) is 4.90 Å². The number of benzene rings is 1. The molecule has 1 saturated carbocycles. The fraction of sp³-hybridized carbons (Fsp3) is 0.308. The summed E-state index contributed by atoms with van der Waals surface area (Å²) >= 11 is 11.9. The predicted molar refractivity (Wildman–Crippen MR) is 81.0 cm³/mol. The Morgan fingerprint density at radius 2 is 2.00 bits per heavy atom. The predicted octanol–water partition coefficient (Wildman–Crippen LogP) is 1.80. The molecule has 21 heavy (non-hydrogen) atoms. The van der Waals surface area contributed by atoms with Crippen molar-refractivity contribution in [2.45, 2.75) is 23.8 Å². The molecule has 1 amide bonds. The van der Waals surface area contributed by atoms with E-state index in [4.69, 9.17) is 29.6 Å². The highest BCUT2D eigenvalue weighted by atomic mass is 35.5. The number of carbonyl (C=O) groups excluding carboxylic acids is 1. The van der Waals surface area contributed by atoms with Crippen LogP contribution in [0.4, 0.5) is 0 Å². The van der Waals surface area contributed by atoms with Crippen molar-refractivity contribution in [1.82, 2.24) is 10.0 Å². The number of hydrogen-bond acceptors (Lipinski definition) is 3. The minimum atomic E-state index is -3.78. The standard InChI is InChI=1S/C13H12Cl2N2O3S/c1-2-5-16-13(18)9-6-12(11(15)7-10(9)14)21(19,20)17-8-3-4-8/h1,6-8,17H,3-5H2,(H,16,18). The smallest absolute Gasteiger partial charge is 0.253 e. The second kappa shape index (κ2) is 6.24. The molecule has 0 aromatic heterocycles. The number of carbonyl (C=O) groups is 1. The van der Waals surface area contributed by atoms with Crippen molar-refractivity contribution in [3.8, 4) is 12.3 Å². The van der Waals surface area contributed by atoms with Crippen LogP contribution in [0.2, 0.25) is 10.0 Å². The quantitative estimate of drug-likeness (QED) is 0.798. The third-order valence-corrected chi connectivity index (χ3v) is 5.10. The molecule has 1 aliphatic carbocycles. The zero-order chi connectivity index (χ0) is 15.6. The summed E-state index contributed by atoms with van der Waals surface area (Å²) in [7, 11) is -3.78. The first-order valence-electron chi connectivity index (χ1n) is 6.08. The maximum Gasteiger partial charge on any atom is 0.253 e. The van der Waals surface area contributed by atoms with Crippen molar-refractivity contribution >= 4 is 39.1 Å². The average Bonchev–Trinajstić information content (AvgIpc) is 3.18. The van der Waals surface area contributed by atoms with Gasteiger partial charge in [-0.2, -0.15) is 0 Å². The van der Waals surface area contributed by atoms with Gasteiger partial charge in [0, 0.05) is 6.04 Å². The molecule has 0 unspecified atom stereocenters. The van der Waals surface area contributed by atoms with E-state index in [-0.39, 0.29) is 33.1 Å². The van der Waals surface area contributed by atoms with Gasteiger partial charge in [-0.1, -0.05) is 29.1 Å². The summed E-state index contributed by atoms with van der Waals surface area (Å²) in [4.78, 5) is 11.7. The minimum absolute atomic E-state index is 0.00693. The van der Waals surface area contributed by atoms with Crippen molar-refractivity contribution in [2.24, 2.45) is 0 Å². The Morgan fingerprint density at radius 1 is 1.33 bits per heavy atom. The molecule has 0 radical (unpaired) electrons. The van der Waals surface area contributed by atoms with Gasteiger partial charge < -0.3 is 5.32 Å². The van der Waals surface area contributed by atoms with Crippen molar-refractivity contribution in [2.75, 3.05) is 6.54 Å². The van der Waals surface area contributed by atoms with Gasteiger partial charge in [0.25, 0.3) is 5.91 Å². The summed E-state index contributed by atoms with van der Waals surface area (Å²) in [6, 6.07) is 2.32. The topological polar surface area (TPSA) is 75.3 Å². The zero-order valence-electron chi connectivity index (χ0n) is 10.8. The first-order valence-corrected chi connectivity index (χ1v) is 8.32. The SMILES string of the molecule is C#CCNC(=O)c1cc(S(=O)(=O)NC2CC2)c(Cl)cc1Cl. The summed E-state index contributed by atoms with van der Waals surface area (Å²) in [5.41, 5.74) is 0.00693. The molecule has 0 spiro atoms. The molecule has 0 aliphatic heterocycles. The van der Waals surface area contributed by atoms with Crippen LogP contribution in [0.15, 0.2) is 17.0 Å². The molecule has 0 heterocycles. The molecule has 1 aliphatic rings. The van der Waals surface area contributed by atoms with Gasteiger partial charge in [-0.05, 0) is 25.0 Å². The van der Waals surface area contributed by atoms with Gasteiger partial charge in [0.15, 0.2) is 0 Å². The molecule has 2 rings (SSSR count).